The van der Waals surface area contributed by atoms with Crippen LogP contribution in [0, 0.1) is 0 Å². The molecule has 63 heavy (non-hydrogen) atoms. The first kappa shape index (κ1) is 61.8. The summed E-state index contributed by atoms with van der Waals surface area (Å²) in [7, 11) is 0. The van der Waals surface area contributed by atoms with E-state index in [1.165, 1.54) is 31.1 Å². The van der Waals surface area contributed by atoms with Gasteiger partial charge in [-0.1, -0.05) is 22.6 Å². The Morgan fingerprint density at radius 2 is 0.619 bits per heavy atom. The molecule has 378 valence electrons. The minimum absolute atomic E-state index is 0.199. The van der Waals surface area contributed by atoms with Gasteiger partial charge in [0.15, 0.2) is 0 Å². The largest absolute Gasteiger partial charge is 0.852 e. The number of rotatable bonds is 15. The molecule has 0 aromatic heterocycles. The first-order valence-electron chi connectivity index (χ1n) is 23.8. The lowest BCUT2D eigenvalue weighted by atomic mass is 9.80. The molecule has 4 aliphatic rings. The van der Waals surface area contributed by atoms with Crippen LogP contribution in [0.15, 0.2) is 0 Å². The van der Waals surface area contributed by atoms with Gasteiger partial charge in [-0.25, -0.2) is 0 Å². The number of ether oxygens (including phenoxy) is 3. The molecule has 0 saturated carbocycles. The van der Waals surface area contributed by atoms with E-state index in [1.807, 2.05) is 27.7 Å². The quantitative estimate of drug-likeness (QED) is 0.0704. The van der Waals surface area contributed by atoms with E-state index in [9.17, 15) is 25.9 Å². The van der Waals surface area contributed by atoms with Gasteiger partial charge >= 0.3 is 0 Å². The summed E-state index contributed by atoms with van der Waals surface area (Å²) in [5.74, 6) is 1.41. The van der Waals surface area contributed by atoms with Gasteiger partial charge in [0, 0.05) is 75.9 Å². The summed E-state index contributed by atoms with van der Waals surface area (Å²) in [5.41, 5.74) is -2.05. The SMILES string of the molecule is CC1(C)CC(OCCCCCl)CC(C)(C)N1O.CC1(C)CC(OCCCCCl)CC(C)(C)N1O.CC1(C)CC(OCCCCI)CC(C)(C)N1O.CC1(C)CC([O-])CC(C)(C)N1O. The molecule has 0 atom stereocenters. The summed E-state index contributed by atoms with van der Waals surface area (Å²) in [6.07, 6.45) is 12.9. The zero-order chi connectivity index (χ0) is 48.9. The fourth-order valence-electron chi connectivity index (χ4n) is 10.4. The number of halogens is 3. The lowest BCUT2D eigenvalue weighted by molar-refractivity contribution is -0.448. The van der Waals surface area contributed by atoms with Crippen molar-refractivity contribution in [3.05, 3.63) is 0 Å². The lowest BCUT2D eigenvalue weighted by Gasteiger charge is -2.53. The van der Waals surface area contributed by atoms with Crippen LogP contribution < -0.4 is 5.11 Å². The number of hydroxylamine groups is 8. The molecule has 0 bridgehead atoms. The normalized spacial score (nSPS) is 26.1. The first-order chi connectivity index (χ1) is 28.6. The van der Waals surface area contributed by atoms with Gasteiger partial charge in [-0.2, -0.15) is 20.3 Å². The molecule has 0 aliphatic carbocycles. The van der Waals surface area contributed by atoms with Crippen molar-refractivity contribution >= 4 is 45.8 Å². The van der Waals surface area contributed by atoms with E-state index in [1.54, 1.807) is 0 Å². The van der Waals surface area contributed by atoms with Crippen molar-refractivity contribution in [2.75, 3.05) is 36.0 Å². The smallest absolute Gasteiger partial charge is 0.0611 e. The Hall–Kier alpha value is 0.830. The predicted octanol–water partition coefficient (Wildman–Crippen LogP) is 11.3. The fraction of sp³-hybridized carbons (Fsp3) is 1.00. The summed E-state index contributed by atoms with van der Waals surface area (Å²) in [4.78, 5) is 0. The van der Waals surface area contributed by atoms with Crippen molar-refractivity contribution in [1.29, 1.82) is 0 Å². The highest BCUT2D eigenvalue weighted by Gasteiger charge is 2.48. The molecular weight excluding hydrogens is 958 g/mol. The van der Waals surface area contributed by atoms with Gasteiger partial charge in [-0.15, -0.1) is 29.3 Å². The van der Waals surface area contributed by atoms with Gasteiger partial charge in [0.25, 0.3) is 0 Å². The summed E-state index contributed by atoms with van der Waals surface area (Å²) >= 11 is 13.7. The molecule has 15 heteroatoms. The Bertz CT molecular complexity index is 1100. The van der Waals surface area contributed by atoms with Crippen LogP contribution in [0.2, 0.25) is 0 Å². The molecule has 0 amide bonds. The summed E-state index contributed by atoms with van der Waals surface area (Å²) in [6, 6.07) is 0. The second-order valence-corrected chi connectivity index (χ2v) is 25.5. The molecule has 4 heterocycles. The molecule has 0 aromatic carbocycles. The van der Waals surface area contributed by atoms with Crippen LogP contribution in [0.1, 0.15) is 201 Å². The monoisotopic (exact) mass is 1050 g/mol. The molecule has 4 rings (SSSR count). The van der Waals surface area contributed by atoms with Crippen molar-refractivity contribution < 1.29 is 40.1 Å². The number of alkyl halides is 3. The third-order valence-electron chi connectivity index (χ3n) is 13.0. The van der Waals surface area contributed by atoms with E-state index in [4.69, 9.17) is 37.4 Å². The third-order valence-corrected chi connectivity index (χ3v) is 14.3. The summed E-state index contributed by atoms with van der Waals surface area (Å²) < 4.78 is 19.0. The van der Waals surface area contributed by atoms with Crippen LogP contribution in [-0.2, 0) is 14.2 Å². The van der Waals surface area contributed by atoms with Crippen molar-refractivity contribution in [1.82, 2.24) is 20.3 Å². The van der Waals surface area contributed by atoms with Gasteiger partial charge < -0.3 is 40.1 Å². The molecule has 12 nitrogen and oxygen atoms in total. The van der Waals surface area contributed by atoms with Gasteiger partial charge in [0.1, 0.15) is 0 Å². The van der Waals surface area contributed by atoms with Gasteiger partial charge in [0.05, 0.1) is 18.3 Å². The average Bonchev–Trinajstić information content (AvgIpc) is 3.13. The lowest BCUT2D eigenvalue weighted by Crippen LogP contribution is -2.62. The zero-order valence-electron chi connectivity index (χ0n) is 42.8. The van der Waals surface area contributed by atoms with Crippen LogP contribution in [0.25, 0.3) is 0 Å². The Balaban J connectivity index is 0.000000423. The van der Waals surface area contributed by atoms with E-state index >= 15 is 0 Å². The molecule has 0 radical (unpaired) electrons. The van der Waals surface area contributed by atoms with Gasteiger partial charge in [0.2, 0.25) is 0 Å². The summed E-state index contributed by atoms with van der Waals surface area (Å²) in [5, 5.41) is 57.4. The molecule has 0 unspecified atom stereocenters. The minimum Gasteiger partial charge on any atom is -0.852 e. The highest BCUT2D eigenvalue weighted by atomic mass is 127. The van der Waals surface area contributed by atoms with Gasteiger partial charge in [-0.3, -0.25) is 0 Å². The van der Waals surface area contributed by atoms with Crippen molar-refractivity contribution in [3.8, 4) is 0 Å². The number of hydrogen-bond donors (Lipinski definition) is 4. The van der Waals surface area contributed by atoms with E-state index in [-0.39, 0.29) is 62.6 Å². The Morgan fingerprint density at radius 3 is 0.825 bits per heavy atom. The molecule has 4 N–H and O–H groups in total. The number of piperidine rings is 4. The van der Waals surface area contributed by atoms with Crippen molar-refractivity contribution in [2.24, 2.45) is 0 Å². The Labute approximate surface area is 409 Å². The molecule has 0 aromatic rings. The maximum Gasteiger partial charge on any atom is 0.0611 e. The highest BCUT2D eigenvalue weighted by Crippen LogP contribution is 2.40. The maximum atomic E-state index is 11.4. The molecule has 0 spiro atoms. The number of unbranched alkanes of at least 4 members (excludes halogenated alkanes) is 3. The van der Waals surface area contributed by atoms with Crippen LogP contribution in [0.4, 0.5) is 0 Å². The van der Waals surface area contributed by atoms with E-state index in [0.717, 1.165) is 90.4 Å². The van der Waals surface area contributed by atoms with Crippen molar-refractivity contribution in [2.45, 2.75) is 269 Å². The van der Waals surface area contributed by atoms with E-state index in [0.29, 0.717) is 24.6 Å². The zero-order valence-corrected chi connectivity index (χ0v) is 46.5. The molecule has 4 saturated heterocycles. The van der Waals surface area contributed by atoms with Crippen LogP contribution in [0.5, 0.6) is 0 Å². The fourth-order valence-corrected chi connectivity index (χ4v) is 11.3. The van der Waals surface area contributed by atoms with E-state index < -0.39 is 6.10 Å². The van der Waals surface area contributed by atoms with Crippen molar-refractivity contribution in [3.63, 3.8) is 0 Å². The number of nitrogens with zero attached hydrogens (tertiary/aromatic N) is 4. The Morgan fingerprint density at radius 1 is 0.413 bits per heavy atom. The molecular formula is C48H96Cl2IN4O8-. The van der Waals surface area contributed by atoms with Crippen LogP contribution in [0.3, 0.4) is 0 Å². The van der Waals surface area contributed by atoms with Gasteiger partial charge in [-0.05, 0) is 205 Å². The van der Waals surface area contributed by atoms with E-state index in [2.05, 4.69) is 106 Å². The Kier molecular flexibility index (Phi) is 25.7. The maximum absolute atomic E-state index is 11.4. The van der Waals surface area contributed by atoms with Crippen LogP contribution in [-0.4, -0.2) is 146 Å². The predicted molar refractivity (Wildman–Crippen MR) is 265 cm³/mol. The molecule has 4 fully saturated rings. The topological polar surface area (TPSA) is 145 Å². The second-order valence-electron chi connectivity index (χ2n) is 23.7. The molecule has 4 aliphatic heterocycles. The standard InChI is InChI=1S/2C13H26ClNO2.C13H26INO2.C9H18NO2/c3*1-12(2)9-11(17-8-6-5-7-14)10-13(3,4)15(12)16;1-8(2)5-7(11)6-9(3,4)10(8)12/h3*11,16H,5-10H2,1-4H3;7,12H,5-6H2,1-4H3/q;;;-1. The number of hydrogen-bond acceptors (Lipinski definition) is 12. The average molecular weight is 1060 g/mol. The minimum atomic E-state index is -0.543. The highest BCUT2D eigenvalue weighted by molar-refractivity contribution is 14.1. The first-order valence-corrected chi connectivity index (χ1v) is 26.4. The van der Waals surface area contributed by atoms with Crippen LogP contribution >= 0.6 is 45.8 Å². The second kappa shape index (κ2) is 26.2. The third kappa shape index (κ3) is 20.4. The summed E-state index contributed by atoms with van der Waals surface area (Å²) in [6.45, 7) is 34.8.